The standard InChI is InChI=1S/C11H18N4S/c1-8(2)15(7-5-10(12)16)11-13-6-4-9(3)14-11/h4,6,8H,5,7H2,1-3H3,(H2,12,16). The summed E-state index contributed by atoms with van der Waals surface area (Å²) in [6.07, 6.45) is 2.46. The monoisotopic (exact) mass is 238 g/mol. The van der Waals surface area contributed by atoms with Gasteiger partial charge in [-0.3, -0.25) is 0 Å². The minimum Gasteiger partial charge on any atom is -0.393 e. The molecule has 0 bridgehead atoms. The van der Waals surface area contributed by atoms with Crippen molar-refractivity contribution in [2.45, 2.75) is 33.2 Å². The van der Waals surface area contributed by atoms with Gasteiger partial charge >= 0.3 is 0 Å². The molecule has 0 aliphatic carbocycles. The first-order valence-electron chi connectivity index (χ1n) is 5.35. The number of aromatic nitrogens is 2. The van der Waals surface area contributed by atoms with E-state index in [4.69, 9.17) is 18.0 Å². The molecule has 0 radical (unpaired) electrons. The summed E-state index contributed by atoms with van der Waals surface area (Å²) in [4.78, 5) is 11.3. The van der Waals surface area contributed by atoms with Crippen LogP contribution in [-0.2, 0) is 0 Å². The molecule has 4 nitrogen and oxygen atoms in total. The molecule has 0 spiro atoms. The van der Waals surface area contributed by atoms with Crippen LogP contribution >= 0.6 is 12.2 Å². The second-order valence-corrected chi connectivity index (χ2v) is 4.53. The molecule has 0 unspecified atom stereocenters. The van der Waals surface area contributed by atoms with Crippen LogP contribution in [0.25, 0.3) is 0 Å². The normalized spacial score (nSPS) is 10.5. The quantitative estimate of drug-likeness (QED) is 0.791. The molecule has 0 amide bonds. The number of nitrogens with zero attached hydrogens (tertiary/aromatic N) is 3. The first-order valence-corrected chi connectivity index (χ1v) is 5.76. The van der Waals surface area contributed by atoms with Crippen molar-refractivity contribution in [3.05, 3.63) is 18.0 Å². The van der Waals surface area contributed by atoms with Crippen molar-refractivity contribution < 1.29 is 0 Å². The summed E-state index contributed by atoms with van der Waals surface area (Å²) in [6, 6.07) is 2.21. The van der Waals surface area contributed by atoms with Gasteiger partial charge in [-0.15, -0.1) is 0 Å². The summed E-state index contributed by atoms with van der Waals surface area (Å²) in [7, 11) is 0. The molecule has 88 valence electrons. The Bertz CT molecular complexity index is 365. The van der Waals surface area contributed by atoms with E-state index in [2.05, 4.69) is 28.7 Å². The van der Waals surface area contributed by atoms with Crippen LogP contribution in [0.5, 0.6) is 0 Å². The molecule has 1 aromatic heterocycles. The van der Waals surface area contributed by atoms with Crippen LogP contribution in [-0.4, -0.2) is 27.5 Å². The average Bonchev–Trinajstić information content (AvgIpc) is 2.17. The van der Waals surface area contributed by atoms with Crippen molar-refractivity contribution in [1.29, 1.82) is 0 Å². The minimum atomic E-state index is 0.330. The predicted molar refractivity (Wildman–Crippen MR) is 70.7 cm³/mol. The van der Waals surface area contributed by atoms with Crippen molar-refractivity contribution in [3.63, 3.8) is 0 Å². The van der Waals surface area contributed by atoms with Crippen LogP contribution in [0.2, 0.25) is 0 Å². The van der Waals surface area contributed by atoms with E-state index in [1.807, 2.05) is 13.0 Å². The maximum absolute atomic E-state index is 5.51. The van der Waals surface area contributed by atoms with Crippen molar-refractivity contribution in [2.75, 3.05) is 11.4 Å². The smallest absolute Gasteiger partial charge is 0.225 e. The number of rotatable bonds is 5. The lowest BCUT2D eigenvalue weighted by atomic mass is 10.3. The molecule has 0 aliphatic heterocycles. The SMILES string of the molecule is Cc1ccnc(N(CCC(N)=S)C(C)C)n1. The predicted octanol–water partition coefficient (Wildman–Crippen LogP) is 1.68. The van der Waals surface area contributed by atoms with Crippen molar-refractivity contribution in [1.82, 2.24) is 9.97 Å². The third kappa shape index (κ3) is 3.73. The van der Waals surface area contributed by atoms with Gasteiger partial charge in [-0.05, 0) is 26.8 Å². The topological polar surface area (TPSA) is 55.0 Å². The van der Waals surface area contributed by atoms with Gasteiger partial charge in [0, 0.05) is 30.9 Å². The Hall–Kier alpha value is -1.23. The molecule has 16 heavy (non-hydrogen) atoms. The summed E-state index contributed by atoms with van der Waals surface area (Å²) in [5.74, 6) is 0.742. The third-order valence-electron chi connectivity index (χ3n) is 2.26. The third-order valence-corrected chi connectivity index (χ3v) is 2.47. The van der Waals surface area contributed by atoms with E-state index in [-0.39, 0.29) is 0 Å². The number of thiocarbonyl (C=S) groups is 1. The molecule has 1 rings (SSSR count). The molecular weight excluding hydrogens is 220 g/mol. The van der Waals surface area contributed by atoms with Crippen LogP contribution in [0, 0.1) is 6.92 Å². The summed E-state index contributed by atoms with van der Waals surface area (Å²) in [6.45, 7) is 6.92. The van der Waals surface area contributed by atoms with Gasteiger partial charge in [-0.1, -0.05) is 12.2 Å². The zero-order chi connectivity index (χ0) is 12.1. The Kier molecular flexibility index (Phi) is 4.61. The number of anilines is 1. The Morgan fingerprint density at radius 1 is 1.56 bits per heavy atom. The van der Waals surface area contributed by atoms with E-state index >= 15 is 0 Å². The first kappa shape index (κ1) is 12.8. The fraction of sp³-hybridized carbons (Fsp3) is 0.545. The molecule has 0 aliphatic rings. The highest BCUT2D eigenvalue weighted by Gasteiger charge is 2.13. The molecule has 0 saturated heterocycles. The Morgan fingerprint density at radius 2 is 2.25 bits per heavy atom. The molecule has 0 fully saturated rings. The Morgan fingerprint density at radius 3 is 2.75 bits per heavy atom. The fourth-order valence-electron chi connectivity index (χ4n) is 1.39. The van der Waals surface area contributed by atoms with E-state index in [1.165, 1.54) is 0 Å². The fourth-order valence-corrected chi connectivity index (χ4v) is 1.49. The summed E-state index contributed by atoms with van der Waals surface area (Å²) < 4.78 is 0. The lowest BCUT2D eigenvalue weighted by Gasteiger charge is -2.26. The van der Waals surface area contributed by atoms with Gasteiger partial charge in [0.1, 0.15) is 0 Å². The van der Waals surface area contributed by atoms with Gasteiger partial charge in [0.25, 0.3) is 0 Å². The molecule has 1 heterocycles. The van der Waals surface area contributed by atoms with E-state index in [9.17, 15) is 0 Å². The molecule has 0 atom stereocenters. The number of hydrogen-bond acceptors (Lipinski definition) is 4. The summed E-state index contributed by atoms with van der Waals surface area (Å²) in [5, 5.41) is 0. The van der Waals surface area contributed by atoms with Gasteiger partial charge in [0.2, 0.25) is 5.95 Å². The molecule has 2 N–H and O–H groups in total. The van der Waals surface area contributed by atoms with E-state index in [1.54, 1.807) is 6.20 Å². The summed E-state index contributed by atoms with van der Waals surface area (Å²) >= 11 is 4.89. The Labute approximate surface area is 102 Å². The van der Waals surface area contributed by atoms with E-state index in [0.29, 0.717) is 17.5 Å². The zero-order valence-corrected chi connectivity index (χ0v) is 10.8. The van der Waals surface area contributed by atoms with Crippen molar-refractivity contribution >= 4 is 23.2 Å². The second kappa shape index (κ2) is 5.75. The highest BCUT2D eigenvalue weighted by Crippen LogP contribution is 2.11. The highest BCUT2D eigenvalue weighted by molar-refractivity contribution is 7.80. The zero-order valence-electron chi connectivity index (χ0n) is 9.97. The average molecular weight is 238 g/mol. The molecule has 0 aromatic carbocycles. The van der Waals surface area contributed by atoms with Crippen LogP contribution in [0.15, 0.2) is 12.3 Å². The van der Waals surface area contributed by atoms with Crippen LogP contribution in [0.1, 0.15) is 26.0 Å². The number of hydrogen-bond donors (Lipinski definition) is 1. The maximum Gasteiger partial charge on any atom is 0.225 e. The lowest BCUT2D eigenvalue weighted by molar-refractivity contribution is 0.667. The van der Waals surface area contributed by atoms with E-state index < -0.39 is 0 Å². The van der Waals surface area contributed by atoms with E-state index in [0.717, 1.165) is 18.2 Å². The highest BCUT2D eigenvalue weighted by atomic mass is 32.1. The van der Waals surface area contributed by atoms with Crippen molar-refractivity contribution in [2.24, 2.45) is 5.73 Å². The van der Waals surface area contributed by atoms with Gasteiger partial charge in [0.05, 0.1) is 4.99 Å². The summed E-state index contributed by atoms with van der Waals surface area (Å²) in [5.41, 5.74) is 6.48. The van der Waals surface area contributed by atoms with Crippen LogP contribution in [0.3, 0.4) is 0 Å². The second-order valence-electron chi connectivity index (χ2n) is 4.00. The Balaban J connectivity index is 2.81. The largest absolute Gasteiger partial charge is 0.393 e. The molecular formula is C11H18N4S. The molecule has 5 heteroatoms. The van der Waals surface area contributed by atoms with Crippen LogP contribution in [0.4, 0.5) is 5.95 Å². The number of nitrogens with two attached hydrogens (primary N) is 1. The molecule has 1 aromatic rings. The van der Waals surface area contributed by atoms with Gasteiger partial charge < -0.3 is 10.6 Å². The van der Waals surface area contributed by atoms with Gasteiger partial charge in [0.15, 0.2) is 0 Å². The first-order chi connectivity index (χ1) is 7.50. The maximum atomic E-state index is 5.51. The van der Waals surface area contributed by atoms with Crippen molar-refractivity contribution in [3.8, 4) is 0 Å². The number of aryl methyl sites for hydroxylation is 1. The minimum absolute atomic E-state index is 0.330. The van der Waals surface area contributed by atoms with Gasteiger partial charge in [-0.2, -0.15) is 0 Å². The van der Waals surface area contributed by atoms with Crippen LogP contribution < -0.4 is 10.6 Å². The lowest BCUT2D eigenvalue weighted by Crippen LogP contribution is -2.35. The van der Waals surface area contributed by atoms with Gasteiger partial charge in [-0.25, -0.2) is 9.97 Å². The molecule has 0 saturated carbocycles.